The average molecular weight is 633 g/mol. The van der Waals surface area contributed by atoms with Gasteiger partial charge in [-0.05, 0) is 97.4 Å². The Labute approximate surface area is 275 Å². The Morgan fingerprint density at radius 1 is 0.978 bits per heavy atom. The van der Waals surface area contributed by atoms with Crippen LogP contribution in [0, 0.1) is 34.0 Å². The van der Waals surface area contributed by atoms with Crippen molar-refractivity contribution < 1.29 is 19.1 Å². The zero-order valence-electron chi connectivity index (χ0n) is 29.9. The monoisotopic (exact) mass is 632 g/mol. The number of aliphatic hydroxyl groups excluding tert-OH is 1. The van der Waals surface area contributed by atoms with Gasteiger partial charge in [-0.15, -0.1) is 0 Å². The average Bonchev–Trinajstić information content (AvgIpc) is 3.17. The molecule has 0 heterocycles. The second-order valence-corrected chi connectivity index (χ2v) is 21.0. The summed E-state index contributed by atoms with van der Waals surface area (Å²) in [4.78, 5) is 13.4. The first-order valence-electron chi connectivity index (χ1n) is 17.3. The van der Waals surface area contributed by atoms with Crippen LogP contribution in [0.2, 0.25) is 5.04 Å². The highest BCUT2D eigenvalue weighted by atomic mass is 28.4. The largest absolute Gasteiger partial charge is 0.462 e. The number of carbonyl (C=O) groups is 1. The van der Waals surface area contributed by atoms with E-state index in [1.165, 1.54) is 15.9 Å². The first-order chi connectivity index (χ1) is 20.9. The predicted molar refractivity (Wildman–Crippen MR) is 189 cm³/mol. The molecule has 0 saturated heterocycles. The first kappa shape index (κ1) is 35.6. The normalized spacial score (nSPS) is 27.4. The van der Waals surface area contributed by atoms with Gasteiger partial charge in [-0.1, -0.05) is 121 Å². The van der Waals surface area contributed by atoms with Crippen molar-refractivity contribution in [3.8, 4) is 0 Å². The maximum Gasteiger partial charge on any atom is 0.311 e. The van der Waals surface area contributed by atoms with E-state index in [2.05, 4.69) is 122 Å². The summed E-state index contributed by atoms with van der Waals surface area (Å²) in [6.45, 7) is 24.7. The molecule has 2 aromatic carbocycles. The molecule has 2 aromatic rings. The maximum absolute atomic E-state index is 13.4. The molecule has 0 aliphatic heterocycles. The predicted octanol–water partition coefficient (Wildman–Crippen LogP) is 8.32. The van der Waals surface area contributed by atoms with Crippen molar-refractivity contribution in [3.63, 3.8) is 0 Å². The lowest BCUT2D eigenvalue weighted by Gasteiger charge is -2.56. The number of allylic oxidation sites excluding steroid dienone is 2. The molecular formula is C40H60O4Si. The fourth-order valence-corrected chi connectivity index (χ4v) is 13.1. The summed E-state index contributed by atoms with van der Waals surface area (Å²) in [7, 11) is -2.81. The molecule has 1 N–H and O–H groups in total. The van der Waals surface area contributed by atoms with Crippen LogP contribution in [0.5, 0.6) is 0 Å². The molecule has 2 aliphatic rings. The van der Waals surface area contributed by atoms with Crippen molar-refractivity contribution in [2.75, 3.05) is 6.61 Å². The number of rotatable bonds is 10. The molecule has 4 nitrogen and oxygen atoms in total. The van der Waals surface area contributed by atoms with Gasteiger partial charge < -0.3 is 14.3 Å². The van der Waals surface area contributed by atoms with Crippen molar-refractivity contribution >= 4 is 24.7 Å². The van der Waals surface area contributed by atoms with Crippen LogP contribution in [0.3, 0.4) is 0 Å². The summed E-state index contributed by atoms with van der Waals surface area (Å²) in [5.41, 5.74) is 0.599. The summed E-state index contributed by atoms with van der Waals surface area (Å²) in [6, 6.07) is 21.7. The smallest absolute Gasteiger partial charge is 0.311 e. The zero-order chi connectivity index (χ0) is 33.4. The van der Waals surface area contributed by atoms with E-state index < -0.39 is 13.7 Å². The molecule has 45 heavy (non-hydrogen) atoms. The Hall–Kier alpha value is -2.21. The highest BCUT2D eigenvalue weighted by Crippen LogP contribution is 2.65. The standard InChI is InChI=1S/C40H60O4Si/c1-12-30(41)23-24-40-26-28(2)39(10,11)35(40)25-34(44-36(42)37(4,5)6)29(3)33(40)27-43-45(38(7,8)9,31-19-15-13-16-20-31)32-21-17-14-18-22-32/h13-22,26,29-30,33-35,41H,12,23-25,27H2,1-11H3/t29-,30?,33+,34+,35+,40+/m1/s1. The summed E-state index contributed by atoms with van der Waals surface area (Å²) >= 11 is 0. The minimum Gasteiger partial charge on any atom is -0.462 e. The number of fused-ring (bicyclic) bond motifs is 1. The molecule has 6 atom stereocenters. The molecular weight excluding hydrogens is 573 g/mol. The quantitative estimate of drug-likeness (QED) is 0.163. The van der Waals surface area contributed by atoms with Gasteiger partial charge >= 0.3 is 5.97 Å². The molecule has 4 rings (SSSR count). The fourth-order valence-electron chi connectivity index (χ4n) is 8.52. The van der Waals surface area contributed by atoms with Gasteiger partial charge in [0, 0.05) is 6.61 Å². The molecule has 1 fully saturated rings. The van der Waals surface area contributed by atoms with Crippen LogP contribution in [0.15, 0.2) is 72.3 Å². The summed E-state index contributed by atoms with van der Waals surface area (Å²) in [6.07, 6.45) is 5.24. The van der Waals surface area contributed by atoms with Gasteiger partial charge in [0.1, 0.15) is 6.10 Å². The number of aliphatic hydroxyl groups is 1. The first-order valence-corrected chi connectivity index (χ1v) is 19.2. The molecule has 0 spiro atoms. The van der Waals surface area contributed by atoms with Gasteiger partial charge in [0.25, 0.3) is 8.32 Å². The summed E-state index contributed by atoms with van der Waals surface area (Å²) in [5.74, 6) is 0.329. The number of carbonyl (C=O) groups excluding carboxylic acids is 1. The van der Waals surface area contributed by atoms with Crippen molar-refractivity contribution in [1.82, 2.24) is 0 Å². The van der Waals surface area contributed by atoms with Crippen molar-refractivity contribution in [2.24, 2.45) is 34.0 Å². The fraction of sp³-hybridized carbons (Fsp3) is 0.625. The summed E-state index contributed by atoms with van der Waals surface area (Å²) < 4.78 is 14.1. The van der Waals surface area contributed by atoms with Crippen LogP contribution in [0.4, 0.5) is 0 Å². The minimum atomic E-state index is -2.81. The molecule has 2 aliphatic carbocycles. The van der Waals surface area contributed by atoms with Gasteiger partial charge in [0.15, 0.2) is 0 Å². The number of benzene rings is 2. The maximum atomic E-state index is 13.4. The molecule has 0 radical (unpaired) electrons. The van der Waals surface area contributed by atoms with Crippen molar-refractivity contribution in [1.29, 1.82) is 0 Å². The number of hydrogen-bond donors (Lipinski definition) is 1. The van der Waals surface area contributed by atoms with Gasteiger partial charge in [-0.25, -0.2) is 0 Å². The van der Waals surface area contributed by atoms with E-state index in [0.29, 0.717) is 6.61 Å². The zero-order valence-corrected chi connectivity index (χ0v) is 30.9. The molecule has 1 unspecified atom stereocenters. The number of esters is 1. The van der Waals surface area contributed by atoms with Crippen LogP contribution in [0.25, 0.3) is 0 Å². The molecule has 1 saturated carbocycles. The third-order valence-corrected chi connectivity index (χ3v) is 16.6. The third-order valence-electron chi connectivity index (χ3n) is 11.5. The van der Waals surface area contributed by atoms with E-state index >= 15 is 0 Å². The van der Waals surface area contributed by atoms with E-state index in [1.807, 2.05) is 20.8 Å². The van der Waals surface area contributed by atoms with Crippen LogP contribution in [-0.2, 0) is 14.0 Å². The van der Waals surface area contributed by atoms with Gasteiger partial charge in [0.2, 0.25) is 0 Å². The van der Waals surface area contributed by atoms with Gasteiger partial charge in [-0.3, -0.25) is 4.79 Å². The van der Waals surface area contributed by atoms with E-state index in [9.17, 15) is 9.90 Å². The van der Waals surface area contributed by atoms with Gasteiger partial charge in [0.05, 0.1) is 11.5 Å². The molecule has 5 heteroatoms. The molecule has 0 amide bonds. The van der Waals surface area contributed by atoms with Crippen LogP contribution >= 0.6 is 0 Å². The Balaban J connectivity index is 1.87. The van der Waals surface area contributed by atoms with Crippen LogP contribution < -0.4 is 10.4 Å². The lowest BCUT2D eigenvalue weighted by molar-refractivity contribution is -0.175. The summed E-state index contributed by atoms with van der Waals surface area (Å²) in [5, 5.41) is 13.3. The Bertz CT molecular complexity index is 1280. The Kier molecular flexibility index (Phi) is 10.4. The Morgan fingerprint density at radius 3 is 1.98 bits per heavy atom. The van der Waals surface area contributed by atoms with Crippen molar-refractivity contribution in [3.05, 3.63) is 72.3 Å². The van der Waals surface area contributed by atoms with E-state index in [4.69, 9.17) is 9.16 Å². The van der Waals surface area contributed by atoms with E-state index in [1.54, 1.807) is 0 Å². The lowest BCUT2D eigenvalue weighted by atomic mass is 9.52. The molecule has 0 bridgehead atoms. The SMILES string of the molecule is CCC(O)CC[C@@]12C=C(C)C(C)(C)[C@@H]1C[C@H](OC(=O)C(C)(C)C)[C@H](C)[C@@H]2CO[Si](c1ccccc1)(c1ccccc1)C(C)(C)C. The second kappa shape index (κ2) is 13.1. The number of hydrogen-bond acceptors (Lipinski definition) is 4. The molecule has 248 valence electrons. The second-order valence-electron chi connectivity index (χ2n) is 16.7. The van der Waals surface area contributed by atoms with E-state index in [-0.39, 0.29) is 51.8 Å². The van der Waals surface area contributed by atoms with Crippen LogP contribution in [-0.4, -0.2) is 38.2 Å². The van der Waals surface area contributed by atoms with Crippen LogP contribution in [0.1, 0.15) is 102 Å². The van der Waals surface area contributed by atoms with Crippen molar-refractivity contribution in [2.45, 2.75) is 119 Å². The lowest BCUT2D eigenvalue weighted by Crippen LogP contribution is -2.67. The Morgan fingerprint density at radius 2 is 1.51 bits per heavy atom. The van der Waals surface area contributed by atoms with Gasteiger partial charge in [-0.2, -0.15) is 0 Å². The topological polar surface area (TPSA) is 55.8 Å². The highest BCUT2D eigenvalue weighted by Gasteiger charge is 2.62. The molecule has 0 aromatic heterocycles. The third kappa shape index (κ3) is 6.64. The highest BCUT2D eigenvalue weighted by molar-refractivity contribution is 6.99. The minimum absolute atomic E-state index is 0.0562. The van der Waals surface area contributed by atoms with E-state index in [0.717, 1.165) is 25.7 Å². The number of ether oxygens (including phenoxy) is 1.